The molecule has 2 aliphatic rings. The molecule has 3 atom stereocenters. The number of nitrogens with zero attached hydrogens (tertiary/aromatic N) is 5. The summed E-state index contributed by atoms with van der Waals surface area (Å²) in [6.45, 7) is 2.79. The number of H-pyrrole nitrogens is 1. The number of aromatic amines is 1. The molecule has 3 aromatic heterocycles. The summed E-state index contributed by atoms with van der Waals surface area (Å²) in [7, 11) is 0. The fourth-order valence-corrected chi connectivity index (χ4v) is 7.56. The molecule has 182 valence electrons. The standard InChI is InChI=1S/C23H26N8O2S2/c1-13(26-12-19(32)31-7-2-3-15(31)11-24)10-23(22-27-29-30-28-22)16-6-8-34-17(16)5-4-14-9-18(21(25)33)35-20(14)23/h6,8-9,13,15,26H,2-5,7,10,12H2,1H3,(H2,25,33)(H,27,28,29,30)/t13-,15+,23?/m1/s1. The first-order chi connectivity index (χ1) is 16.9. The van der Waals surface area contributed by atoms with E-state index in [1.54, 1.807) is 16.2 Å². The van der Waals surface area contributed by atoms with Crippen molar-refractivity contribution in [2.75, 3.05) is 13.1 Å². The molecule has 1 aliphatic carbocycles. The average molecular weight is 511 g/mol. The molecule has 1 saturated heterocycles. The normalized spacial score (nSPS) is 22.2. The zero-order chi connectivity index (χ0) is 24.6. The molecular weight excluding hydrogens is 484 g/mol. The van der Waals surface area contributed by atoms with E-state index in [4.69, 9.17) is 5.73 Å². The summed E-state index contributed by atoms with van der Waals surface area (Å²) < 4.78 is 0. The summed E-state index contributed by atoms with van der Waals surface area (Å²) in [5, 5.41) is 30.1. The summed E-state index contributed by atoms with van der Waals surface area (Å²) in [6, 6.07) is 5.77. The molecule has 2 amide bonds. The number of aryl methyl sites for hydroxylation is 2. The van der Waals surface area contributed by atoms with Gasteiger partial charge in [-0.05, 0) is 67.7 Å². The number of nitrogens with one attached hydrogen (secondary N) is 2. The number of nitriles is 1. The maximum atomic E-state index is 12.8. The van der Waals surface area contributed by atoms with Crippen molar-refractivity contribution >= 4 is 34.5 Å². The number of tetrazole rings is 1. The van der Waals surface area contributed by atoms with Crippen LogP contribution in [0.25, 0.3) is 0 Å². The Labute approximate surface area is 210 Å². The van der Waals surface area contributed by atoms with Gasteiger partial charge in [-0.15, -0.1) is 32.9 Å². The first-order valence-electron chi connectivity index (χ1n) is 11.6. The molecule has 0 saturated carbocycles. The smallest absolute Gasteiger partial charge is 0.258 e. The third kappa shape index (κ3) is 4.13. The van der Waals surface area contributed by atoms with Gasteiger partial charge in [0.2, 0.25) is 5.91 Å². The molecule has 10 nitrogen and oxygen atoms in total. The molecule has 0 aromatic carbocycles. The number of nitrogens with two attached hydrogens (primary N) is 1. The molecule has 1 aliphatic heterocycles. The van der Waals surface area contributed by atoms with E-state index in [1.165, 1.54) is 16.2 Å². The maximum Gasteiger partial charge on any atom is 0.258 e. The van der Waals surface area contributed by atoms with Gasteiger partial charge in [0.15, 0.2) is 5.82 Å². The van der Waals surface area contributed by atoms with Crippen LogP contribution in [0.2, 0.25) is 0 Å². The topological polar surface area (TPSA) is 154 Å². The molecule has 4 heterocycles. The van der Waals surface area contributed by atoms with Crippen LogP contribution in [-0.4, -0.2) is 62.5 Å². The second kappa shape index (κ2) is 9.49. The summed E-state index contributed by atoms with van der Waals surface area (Å²) in [5.41, 5.74) is 7.08. The first-order valence-corrected chi connectivity index (χ1v) is 13.3. The van der Waals surface area contributed by atoms with Gasteiger partial charge in [0.1, 0.15) is 6.04 Å². The van der Waals surface area contributed by atoms with E-state index in [1.807, 2.05) is 13.0 Å². The molecule has 3 aromatic rings. The number of carbonyl (C=O) groups excluding carboxylic acids is 2. The lowest BCUT2D eigenvalue weighted by molar-refractivity contribution is -0.130. The number of carbonyl (C=O) groups is 2. The molecule has 1 fully saturated rings. The van der Waals surface area contributed by atoms with Crippen molar-refractivity contribution < 1.29 is 9.59 Å². The van der Waals surface area contributed by atoms with E-state index in [2.05, 4.69) is 43.5 Å². The van der Waals surface area contributed by atoms with Gasteiger partial charge in [0, 0.05) is 22.3 Å². The predicted molar refractivity (Wildman–Crippen MR) is 131 cm³/mol. The van der Waals surface area contributed by atoms with E-state index >= 15 is 0 Å². The van der Waals surface area contributed by atoms with Crippen molar-refractivity contribution in [2.24, 2.45) is 5.73 Å². The van der Waals surface area contributed by atoms with Crippen molar-refractivity contribution in [2.45, 2.75) is 56.5 Å². The van der Waals surface area contributed by atoms with Crippen LogP contribution in [0.1, 0.15) is 62.6 Å². The van der Waals surface area contributed by atoms with Gasteiger partial charge in [-0.3, -0.25) is 9.59 Å². The Morgan fingerprint density at radius 3 is 3.06 bits per heavy atom. The minimum absolute atomic E-state index is 0.0700. The Kier molecular flexibility index (Phi) is 6.39. The van der Waals surface area contributed by atoms with Gasteiger partial charge in [-0.2, -0.15) is 10.5 Å². The summed E-state index contributed by atoms with van der Waals surface area (Å²) >= 11 is 3.09. The van der Waals surface area contributed by atoms with Crippen LogP contribution in [-0.2, 0) is 23.1 Å². The number of thiophene rings is 2. The Morgan fingerprint density at radius 1 is 1.46 bits per heavy atom. The molecule has 12 heteroatoms. The van der Waals surface area contributed by atoms with E-state index in [0.717, 1.165) is 41.7 Å². The average Bonchev–Trinajstić information content (AvgIpc) is 3.65. The number of hydrogen-bond donors (Lipinski definition) is 3. The number of hydrogen-bond acceptors (Lipinski definition) is 9. The predicted octanol–water partition coefficient (Wildman–Crippen LogP) is 1.74. The zero-order valence-corrected chi connectivity index (χ0v) is 20.9. The van der Waals surface area contributed by atoms with Gasteiger partial charge in [-0.25, -0.2) is 0 Å². The zero-order valence-electron chi connectivity index (χ0n) is 19.3. The largest absolute Gasteiger partial charge is 0.365 e. The molecule has 4 N–H and O–H groups in total. The number of primary amides is 1. The SMILES string of the molecule is C[C@H](CC1(c2nn[nH]n2)c2ccsc2CCc2cc(C(N)=O)sc21)NCC(=O)N1CCC[C@H]1C#N. The molecule has 5 rings (SSSR count). The minimum Gasteiger partial charge on any atom is -0.365 e. The van der Waals surface area contributed by atoms with Crippen LogP contribution < -0.4 is 11.1 Å². The minimum atomic E-state index is -0.745. The van der Waals surface area contributed by atoms with Crippen LogP contribution in [0.3, 0.4) is 0 Å². The Morgan fingerprint density at radius 2 is 2.31 bits per heavy atom. The van der Waals surface area contributed by atoms with Gasteiger partial charge in [0.05, 0.1) is 22.9 Å². The molecule has 1 unspecified atom stereocenters. The van der Waals surface area contributed by atoms with E-state index in [0.29, 0.717) is 23.7 Å². The van der Waals surface area contributed by atoms with Crippen LogP contribution in [0.4, 0.5) is 0 Å². The summed E-state index contributed by atoms with van der Waals surface area (Å²) in [5.74, 6) is 0.00622. The highest BCUT2D eigenvalue weighted by Gasteiger charge is 2.47. The maximum absolute atomic E-state index is 12.8. The highest BCUT2D eigenvalue weighted by molar-refractivity contribution is 7.14. The Bertz CT molecular complexity index is 1280. The second-order valence-electron chi connectivity index (χ2n) is 9.09. The quantitative estimate of drug-likeness (QED) is 0.437. The van der Waals surface area contributed by atoms with Crippen molar-refractivity contribution in [3.05, 3.63) is 49.1 Å². The van der Waals surface area contributed by atoms with Crippen molar-refractivity contribution in [3.8, 4) is 6.07 Å². The third-order valence-corrected chi connectivity index (χ3v) is 9.26. The second-order valence-corrected chi connectivity index (χ2v) is 11.1. The Hall–Kier alpha value is -3.14. The van der Waals surface area contributed by atoms with Crippen molar-refractivity contribution in [1.82, 2.24) is 30.8 Å². The van der Waals surface area contributed by atoms with Gasteiger partial charge in [0.25, 0.3) is 5.91 Å². The molecule has 35 heavy (non-hydrogen) atoms. The number of rotatable bonds is 7. The van der Waals surface area contributed by atoms with Crippen LogP contribution in [0, 0.1) is 11.3 Å². The van der Waals surface area contributed by atoms with E-state index in [-0.39, 0.29) is 24.5 Å². The lowest BCUT2D eigenvalue weighted by Gasteiger charge is -2.33. The summed E-state index contributed by atoms with van der Waals surface area (Å²) in [4.78, 5) is 29.3. The molecule has 0 radical (unpaired) electrons. The lowest BCUT2D eigenvalue weighted by atomic mass is 9.73. The summed E-state index contributed by atoms with van der Waals surface area (Å²) in [6.07, 6.45) is 3.76. The fraction of sp³-hybridized carbons (Fsp3) is 0.478. The fourth-order valence-electron chi connectivity index (χ4n) is 5.33. The lowest BCUT2D eigenvalue weighted by Crippen LogP contribution is -2.45. The third-order valence-electron chi connectivity index (χ3n) is 6.93. The Balaban J connectivity index is 1.50. The number of likely N-dealkylation sites (tertiary alicyclic amines) is 1. The first kappa shape index (κ1) is 23.6. The van der Waals surface area contributed by atoms with Crippen LogP contribution >= 0.6 is 22.7 Å². The number of aromatic nitrogens is 4. The van der Waals surface area contributed by atoms with E-state index < -0.39 is 11.3 Å². The highest BCUT2D eigenvalue weighted by Crippen LogP contribution is 2.50. The monoisotopic (exact) mass is 510 g/mol. The van der Waals surface area contributed by atoms with Crippen LogP contribution in [0.5, 0.6) is 0 Å². The van der Waals surface area contributed by atoms with Crippen LogP contribution in [0.15, 0.2) is 17.5 Å². The van der Waals surface area contributed by atoms with Gasteiger partial charge >= 0.3 is 0 Å². The molecule has 0 spiro atoms. The van der Waals surface area contributed by atoms with E-state index in [9.17, 15) is 14.9 Å². The molecular formula is C23H26N8O2S2. The number of amides is 2. The molecule has 0 bridgehead atoms. The number of fused-ring (bicyclic) bond motifs is 2. The van der Waals surface area contributed by atoms with Gasteiger partial charge < -0.3 is 16.0 Å². The van der Waals surface area contributed by atoms with Crippen molar-refractivity contribution in [3.63, 3.8) is 0 Å². The highest BCUT2D eigenvalue weighted by atomic mass is 32.1. The van der Waals surface area contributed by atoms with Gasteiger partial charge in [-0.1, -0.05) is 5.21 Å². The van der Waals surface area contributed by atoms with Crippen molar-refractivity contribution in [1.29, 1.82) is 5.26 Å².